The van der Waals surface area contributed by atoms with E-state index in [-0.39, 0.29) is 5.41 Å². The summed E-state index contributed by atoms with van der Waals surface area (Å²) < 4.78 is 2.77. The second-order valence-electron chi connectivity index (χ2n) is 4.99. The molecule has 1 aromatic heterocycles. The van der Waals surface area contributed by atoms with Gasteiger partial charge in [-0.25, -0.2) is 4.68 Å². The molecular weight excluding hydrogens is 300 g/mol. The average Bonchev–Trinajstić information content (AvgIpc) is 2.60. The molecule has 1 heterocycles. The number of halogens is 2. The minimum atomic E-state index is 0.000895. The molecule has 0 aliphatic rings. The van der Waals surface area contributed by atoms with Crippen molar-refractivity contribution >= 4 is 27.5 Å². The summed E-state index contributed by atoms with van der Waals surface area (Å²) in [6.07, 6.45) is 0. The molecule has 2 rings (SSSR count). The lowest BCUT2D eigenvalue weighted by molar-refractivity contribution is 0.560. The van der Waals surface area contributed by atoms with Gasteiger partial charge >= 0.3 is 0 Å². The summed E-state index contributed by atoms with van der Waals surface area (Å²) in [7, 11) is 0. The van der Waals surface area contributed by atoms with Crippen molar-refractivity contribution in [2.45, 2.75) is 26.2 Å². The van der Waals surface area contributed by atoms with Gasteiger partial charge in [0.2, 0.25) is 0 Å². The first-order valence-electron chi connectivity index (χ1n) is 5.40. The van der Waals surface area contributed by atoms with E-state index in [4.69, 9.17) is 11.6 Å². The summed E-state index contributed by atoms with van der Waals surface area (Å²) in [6, 6.07) is 9.84. The number of hydrogen-bond donors (Lipinski definition) is 0. The van der Waals surface area contributed by atoms with Crippen LogP contribution in [0.25, 0.3) is 5.69 Å². The molecule has 0 fully saturated rings. The summed E-state index contributed by atoms with van der Waals surface area (Å²) in [6.45, 7) is 6.37. The van der Waals surface area contributed by atoms with Gasteiger partial charge in [0.25, 0.3) is 0 Å². The third kappa shape index (κ3) is 2.72. The van der Waals surface area contributed by atoms with Crippen molar-refractivity contribution in [2.75, 3.05) is 0 Å². The van der Waals surface area contributed by atoms with Gasteiger partial charge in [0, 0.05) is 9.89 Å². The maximum absolute atomic E-state index is 6.22. The molecule has 0 amide bonds. The Morgan fingerprint density at radius 1 is 1.24 bits per heavy atom. The Morgan fingerprint density at radius 2 is 1.94 bits per heavy atom. The van der Waals surface area contributed by atoms with Gasteiger partial charge in [0.15, 0.2) is 0 Å². The van der Waals surface area contributed by atoms with Gasteiger partial charge < -0.3 is 0 Å². The highest BCUT2D eigenvalue weighted by Crippen LogP contribution is 2.26. The average molecular weight is 314 g/mol. The fraction of sp³-hybridized carbons (Fsp3) is 0.308. The lowest BCUT2D eigenvalue weighted by Gasteiger charge is -2.14. The minimum Gasteiger partial charge on any atom is -0.222 e. The van der Waals surface area contributed by atoms with Crippen molar-refractivity contribution in [3.63, 3.8) is 0 Å². The highest BCUT2D eigenvalue weighted by atomic mass is 79.9. The van der Waals surface area contributed by atoms with Gasteiger partial charge in [-0.3, -0.25) is 0 Å². The lowest BCUT2D eigenvalue weighted by Crippen LogP contribution is -2.12. The summed E-state index contributed by atoms with van der Waals surface area (Å²) in [5.41, 5.74) is 1.95. The van der Waals surface area contributed by atoms with Crippen LogP contribution in [-0.4, -0.2) is 9.78 Å². The Balaban J connectivity index is 2.50. The summed E-state index contributed by atoms with van der Waals surface area (Å²) in [5, 5.41) is 5.19. The zero-order valence-electron chi connectivity index (χ0n) is 10.0. The van der Waals surface area contributed by atoms with E-state index in [9.17, 15) is 0 Å². The smallest absolute Gasteiger partial charge is 0.133 e. The van der Waals surface area contributed by atoms with E-state index in [2.05, 4.69) is 41.8 Å². The van der Waals surface area contributed by atoms with E-state index in [0.717, 1.165) is 15.9 Å². The molecule has 2 nitrogen and oxygen atoms in total. The Bertz CT molecular complexity index is 541. The molecule has 0 saturated carbocycles. The van der Waals surface area contributed by atoms with Crippen molar-refractivity contribution in [3.8, 4) is 5.69 Å². The first-order chi connectivity index (χ1) is 7.88. The van der Waals surface area contributed by atoms with Crippen LogP contribution < -0.4 is 0 Å². The highest BCUT2D eigenvalue weighted by molar-refractivity contribution is 9.10. The Morgan fingerprint density at radius 3 is 2.47 bits per heavy atom. The quantitative estimate of drug-likeness (QED) is 0.753. The Hall–Kier alpha value is -0.800. The molecule has 0 atom stereocenters. The fourth-order valence-corrected chi connectivity index (χ4v) is 2.14. The van der Waals surface area contributed by atoms with Crippen molar-refractivity contribution in [3.05, 3.63) is 45.7 Å². The van der Waals surface area contributed by atoms with Gasteiger partial charge in [0.05, 0.1) is 11.4 Å². The molecule has 90 valence electrons. The topological polar surface area (TPSA) is 17.8 Å². The normalized spacial score (nSPS) is 11.8. The van der Waals surface area contributed by atoms with Crippen LogP contribution in [0.5, 0.6) is 0 Å². The van der Waals surface area contributed by atoms with Crippen LogP contribution in [0.1, 0.15) is 26.5 Å². The lowest BCUT2D eigenvalue weighted by atomic mass is 9.93. The van der Waals surface area contributed by atoms with Crippen LogP contribution in [-0.2, 0) is 5.41 Å². The van der Waals surface area contributed by atoms with E-state index in [0.29, 0.717) is 5.15 Å². The predicted molar refractivity (Wildman–Crippen MR) is 75.0 cm³/mol. The maximum Gasteiger partial charge on any atom is 0.133 e. The molecule has 0 radical (unpaired) electrons. The molecule has 0 unspecified atom stereocenters. The molecule has 4 heteroatoms. The molecule has 0 N–H and O–H groups in total. The molecule has 2 aromatic rings. The van der Waals surface area contributed by atoms with E-state index in [1.165, 1.54) is 0 Å². The third-order valence-electron chi connectivity index (χ3n) is 2.49. The molecule has 0 aliphatic heterocycles. The number of rotatable bonds is 1. The molecule has 1 aromatic carbocycles. The Labute approximate surface area is 115 Å². The van der Waals surface area contributed by atoms with Crippen LogP contribution in [0.3, 0.4) is 0 Å². The van der Waals surface area contributed by atoms with Gasteiger partial charge in [-0.2, -0.15) is 5.10 Å². The van der Waals surface area contributed by atoms with E-state index in [1.807, 2.05) is 30.3 Å². The largest absolute Gasteiger partial charge is 0.222 e. The van der Waals surface area contributed by atoms with Crippen molar-refractivity contribution in [1.29, 1.82) is 0 Å². The third-order valence-corrected chi connectivity index (χ3v) is 3.25. The van der Waals surface area contributed by atoms with Crippen molar-refractivity contribution < 1.29 is 0 Å². The molecular formula is C13H14BrClN2. The molecule has 0 spiro atoms. The molecule has 0 bridgehead atoms. The van der Waals surface area contributed by atoms with Crippen LogP contribution in [0.15, 0.2) is 34.8 Å². The summed E-state index contributed by atoms with van der Waals surface area (Å²) in [4.78, 5) is 0. The summed E-state index contributed by atoms with van der Waals surface area (Å²) >= 11 is 9.67. The SMILES string of the molecule is CC(C)(C)c1cc(Cl)n(-c2cccc(Br)c2)n1. The van der Waals surface area contributed by atoms with Gasteiger partial charge in [0.1, 0.15) is 5.15 Å². The Kier molecular flexibility index (Phi) is 3.32. The molecule has 17 heavy (non-hydrogen) atoms. The zero-order chi connectivity index (χ0) is 12.6. The zero-order valence-corrected chi connectivity index (χ0v) is 12.4. The first-order valence-corrected chi connectivity index (χ1v) is 6.57. The minimum absolute atomic E-state index is 0.000895. The monoisotopic (exact) mass is 312 g/mol. The van der Waals surface area contributed by atoms with Crippen LogP contribution in [0.4, 0.5) is 0 Å². The second-order valence-corrected chi connectivity index (χ2v) is 6.30. The predicted octanol–water partition coefficient (Wildman–Crippen LogP) is 4.59. The van der Waals surface area contributed by atoms with Gasteiger partial charge in [-0.15, -0.1) is 0 Å². The van der Waals surface area contributed by atoms with Crippen molar-refractivity contribution in [1.82, 2.24) is 9.78 Å². The summed E-state index contributed by atoms with van der Waals surface area (Å²) in [5.74, 6) is 0. The van der Waals surface area contributed by atoms with Crippen molar-refractivity contribution in [2.24, 2.45) is 0 Å². The standard InChI is InChI=1S/C13H14BrClN2/c1-13(2,3)11-8-12(15)17(16-11)10-6-4-5-9(14)7-10/h4-8H,1-3H3. The van der Waals surface area contributed by atoms with Crippen LogP contribution in [0.2, 0.25) is 5.15 Å². The van der Waals surface area contributed by atoms with E-state index < -0.39 is 0 Å². The maximum atomic E-state index is 6.22. The first kappa shape index (κ1) is 12.7. The van der Waals surface area contributed by atoms with Gasteiger partial charge in [-0.1, -0.05) is 54.4 Å². The molecule has 0 saturated heterocycles. The molecule has 0 aliphatic carbocycles. The van der Waals surface area contributed by atoms with E-state index >= 15 is 0 Å². The second kappa shape index (κ2) is 4.46. The number of nitrogens with zero attached hydrogens (tertiary/aromatic N) is 2. The van der Waals surface area contributed by atoms with Crippen LogP contribution in [0, 0.1) is 0 Å². The number of aromatic nitrogens is 2. The fourth-order valence-electron chi connectivity index (χ4n) is 1.51. The van der Waals surface area contributed by atoms with Gasteiger partial charge in [-0.05, 0) is 24.3 Å². The number of hydrogen-bond acceptors (Lipinski definition) is 1. The van der Waals surface area contributed by atoms with Crippen LogP contribution >= 0.6 is 27.5 Å². The van der Waals surface area contributed by atoms with E-state index in [1.54, 1.807) is 4.68 Å². The highest BCUT2D eigenvalue weighted by Gasteiger charge is 2.19. The number of benzene rings is 1.